The molecule has 0 bridgehead atoms. The summed E-state index contributed by atoms with van der Waals surface area (Å²) in [5.41, 5.74) is 1.46. The number of hydrogen-bond donors (Lipinski definition) is 1. The lowest BCUT2D eigenvalue weighted by Gasteiger charge is -2.11. The number of ketones is 1. The van der Waals surface area contributed by atoms with Gasteiger partial charge in [0.15, 0.2) is 10.9 Å². The number of benzene rings is 2. The van der Waals surface area contributed by atoms with E-state index in [0.717, 1.165) is 28.2 Å². The Balaban J connectivity index is 1.79. The fraction of sp³-hybridized carbons (Fsp3) is 0.304. The van der Waals surface area contributed by atoms with Gasteiger partial charge in [0.25, 0.3) is 0 Å². The van der Waals surface area contributed by atoms with Crippen molar-refractivity contribution in [1.82, 2.24) is 20.1 Å². The van der Waals surface area contributed by atoms with Crippen LogP contribution in [0.3, 0.4) is 0 Å². The van der Waals surface area contributed by atoms with Crippen LogP contribution in [0.15, 0.2) is 52.1 Å². The van der Waals surface area contributed by atoms with Crippen molar-refractivity contribution in [3.05, 3.63) is 58.3 Å². The minimum atomic E-state index is -0.0634. The molecule has 0 radical (unpaired) electrons. The van der Waals surface area contributed by atoms with Crippen LogP contribution in [-0.4, -0.2) is 53.0 Å². The Hall–Kier alpha value is -2.85. The summed E-state index contributed by atoms with van der Waals surface area (Å²) in [7, 11) is 3.20. The van der Waals surface area contributed by atoms with Crippen LogP contribution in [0.5, 0.6) is 11.5 Å². The van der Waals surface area contributed by atoms with Gasteiger partial charge < -0.3 is 14.8 Å². The van der Waals surface area contributed by atoms with Crippen LogP contribution in [-0.2, 0) is 11.2 Å². The maximum absolute atomic E-state index is 12.8. The van der Waals surface area contributed by atoms with E-state index in [-0.39, 0.29) is 17.4 Å². The van der Waals surface area contributed by atoms with Crippen LogP contribution in [0.2, 0.25) is 0 Å². The number of hydrogen-bond acceptors (Lipinski definition) is 7. The highest BCUT2D eigenvalue weighted by atomic mass is 79.9. The third-order valence-corrected chi connectivity index (χ3v) is 6.34. The zero-order valence-corrected chi connectivity index (χ0v) is 21.0. The van der Waals surface area contributed by atoms with Gasteiger partial charge in [-0.25, -0.2) is 0 Å². The van der Waals surface area contributed by atoms with E-state index in [2.05, 4.69) is 31.4 Å². The van der Waals surface area contributed by atoms with Gasteiger partial charge in [-0.3, -0.25) is 14.2 Å². The summed E-state index contributed by atoms with van der Waals surface area (Å²) >= 11 is 4.75. The highest BCUT2D eigenvalue weighted by Gasteiger charge is 2.17. The normalized spacial score (nSPS) is 10.7. The van der Waals surface area contributed by atoms with Crippen LogP contribution in [0.4, 0.5) is 0 Å². The molecule has 0 aliphatic carbocycles. The summed E-state index contributed by atoms with van der Waals surface area (Å²) < 4.78 is 13.2. The Labute approximate surface area is 205 Å². The molecule has 0 saturated heterocycles. The molecule has 3 rings (SSSR count). The summed E-state index contributed by atoms with van der Waals surface area (Å²) in [6.07, 6.45) is 1.34. The van der Waals surface area contributed by atoms with E-state index in [1.165, 1.54) is 18.7 Å². The predicted molar refractivity (Wildman–Crippen MR) is 131 cm³/mol. The second-order valence-electron chi connectivity index (χ2n) is 7.08. The number of nitrogens with one attached hydrogen (secondary N) is 1. The Bertz CT molecular complexity index is 1120. The molecule has 0 fully saturated rings. The summed E-state index contributed by atoms with van der Waals surface area (Å²) in [5, 5.41) is 12.1. The fourth-order valence-electron chi connectivity index (χ4n) is 3.11. The topological polar surface area (TPSA) is 95.3 Å². The molecule has 2 aromatic carbocycles. The lowest BCUT2D eigenvalue weighted by atomic mass is 10.1. The summed E-state index contributed by atoms with van der Waals surface area (Å²) in [6, 6.07) is 12.8. The molecular weight excluding hydrogens is 508 g/mol. The number of aromatic nitrogens is 3. The third kappa shape index (κ3) is 6.58. The van der Waals surface area contributed by atoms with Gasteiger partial charge in [-0.05, 0) is 64.8 Å². The van der Waals surface area contributed by atoms with E-state index in [4.69, 9.17) is 9.47 Å². The van der Waals surface area contributed by atoms with Gasteiger partial charge in [-0.1, -0.05) is 11.8 Å². The van der Waals surface area contributed by atoms with E-state index in [9.17, 15) is 9.59 Å². The fourth-order valence-corrected chi connectivity index (χ4v) is 4.52. The number of aryl methyl sites for hydroxylation is 1. The Morgan fingerprint density at radius 2 is 1.85 bits per heavy atom. The molecule has 10 heteroatoms. The molecule has 1 heterocycles. The van der Waals surface area contributed by atoms with E-state index >= 15 is 0 Å². The van der Waals surface area contributed by atoms with Gasteiger partial charge in [0, 0.05) is 31.1 Å². The number of halogens is 1. The molecule has 0 aliphatic heterocycles. The number of ether oxygens (including phenoxy) is 2. The second kappa shape index (κ2) is 11.9. The SMILES string of the molecule is COc1ccc(-n2c(CCCNC(C)=O)nnc2SCC(=O)c2ccc(OC)c(Br)c2)cc1. The van der Waals surface area contributed by atoms with Crippen LogP contribution in [0, 0.1) is 0 Å². The maximum Gasteiger partial charge on any atom is 0.216 e. The average molecular weight is 533 g/mol. The van der Waals surface area contributed by atoms with Gasteiger partial charge in [-0.15, -0.1) is 10.2 Å². The zero-order chi connectivity index (χ0) is 23.8. The molecule has 1 aromatic heterocycles. The number of thioether (sulfide) groups is 1. The summed E-state index contributed by atoms with van der Waals surface area (Å²) in [4.78, 5) is 23.9. The lowest BCUT2D eigenvalue weighted by molar-refractivity contribution is -0.118. The average Bonchev–Trinajstić information content (AvgIpc) is 3.22. The Morgan fingerprint density at radius 3 is 2.48 bits per heavy atom. The van der Waals surface area contributed by atoms with Crippen molar-refractivity contribution in [1.29, 1.82) is 0 Å². The largest absolute Gasteiger partial charge is 0.497 e. The Kier molecular flexibility index (Phi) is 8.90. The molecule has 174 valence electrons. The molecule has 0 spiro atoms. The van der Waals surface area contributed by atoms with E-state index in [1.807, 2.05) is 28.8 Å². The molecular formula is C23H25BrN4O4S. The molecule has 1 amide bonds. The van der Waals surface area contributed by atoms with Crippen molar-refractivity contribution in [2.24, 2.45) is 0 Å². The molecule has 0 unspecified atom stereocenters. The monoisotopic (exact) mass is 532 g/mol. The molecule has 0 atom stereocenters. The molecule has 0 aliphatic rings. The summed E-state index contributed by atoms with van der Waals surface area (Å²) in [6.45, 7) is 2.05. The first-order chi connectivity index (χ1) is 15.9. The quantitative estimate of drug-likeness (QED) is 0.225. The number of amides is 1. The van der Waals surface area contributed by atoms with Crippen molar-refractivity contribution in [3.8, 4) is 17.2 Å². The van der Waals surface area contributed by atoms with Crippen molar-refractivity contribution in [2.75, 3.05) is 26.5 Å². The predicted octanol–water partition coefficient (Wildman–Crippen LogP) is 4.09. The second-order valence-corrected chi connectivity index (χ2v) is 8.88. The van der Waals surface area contributed by atoms with Gasteiger partial charge in [-0.2, -0.15) is 0 Å². The number of Topliss-reactive ketones (excluding diaryl/α,β-unsaturated/α-hetero) is 1. The first-order valence-electron chi connectivity index (χ1n) is 10.3. The van der Waals surface area contributed by atoms with Gasteiger partial charge in [0.05, 0.1) is 24.4 Å². The Morgan fingerprint density at radius 1 is 1.09 bits per heavy atom. The standard InChI is InChI=1S/C23H25BrN4O4S/c1-15(29)25-12-4-5-22-26-27-23(28(22)17-7-9-18(31-2)10-8-17)33-14-20(30)16-6-11-21(32-3)19(24)13-16/h6-11,13H,4-5,12,14H2,1-3H3,(H,25,29). The van der Waals surface area contributed by atoms with Crippen LogP contribution in [0.25, 0.3) is 5.69 Å². The lowest BCUT2D eigenvalue weighted by Crippen LogP contribution is -2.21. The number of methoxy groups -OCH3 is 2. The number of rotatable bonds is 11. The smallest absolute Gasteiger partial charge is 0.216 e. The van der Waals surface area contributed by atoms with Gasteiger partial charge in [0.1, 0.15) is 17.3 Å². The van der Waals surface area contributed by atoms with Crippen LogP contribution in [0.1, 0.15) is 29.5 Å². The molecule has 0 saturated carbocycles. The van der Waals surface area contributed by atoms with Crippen molar-refractivity contribution in [3.63, 3.8) is 0 Å². The first kappa shape index (κ1) is 24.8. The maximum atomic E-state index is 12.8. The molecule has 33 heavy (non-hydrogen) atoms. The van der Waals surface area contributed by atoms with E-state index < -0.39 is 0 Å². The van der Waals surface area contributed by atoms with Gasteiger partial charge >= 0.3 is 0 Å². The number of nitrogens with zero attached hydrogens (tertiary/aromatic N) is 3. The highest BCUT2D eigenvalue weighted by molar-refractivity contribution is 9.10. The van der Waals surface area contributed by atoms with E-state index in [1.54, 1.807) is 32.4 Å². The van der Waals surface area contributed by atoms with Crippen LogP contribution >= 0.6 is 27.7 Å². The molecule has 8 nitrogen and oxygen atoms in total. The van der Waals surface area contributed by atoms with Gasteiger partial charge in [0.2, 0.25) is 5.91 Å². The molecule has 3 aromatic rings. The molecule has 1 N–H and O–H groups in total. The zero-order valence-electron chi connectivity index (χ0n) is 18.6. The summed E-state index contributed by atoms with van der Waals surface area (Å²) in [5.74, 6) is 2.29. The first-order valence-corrected chi connectivity index (χ1v) is 12.0. The minimum Gasteiger partial charge on any atom is -0.497 e. The van der Waals surface area contributed by atoms with Crippen molar-refractivity contribution < 1.29 is 19.1 Å². The minimum absolute atomic E-state index is 0.0279. The number of carbonyl (C=O) groups is 2. The number of carbonyl (C=O) groups excluding carboxylic acids is 2. The van der Waals surface area contributed by atoms with Crippen molar-refractivity contribution >= 4 is 39.4 Å². The van der Waals surface area contributed by atoms with E-state index in [0.29, 0.717) is 29.4 Å². The third-order valence-electron chi connectivity index (χ3n) is 4.79. The van der Waals surface area contributed by atoms with Crippen molar-refractivity contribution in [2.45, 2.75) is 24.9 Å². The van der Waals surface area contributed by atoms with Crippen LogP contribution < -0.4 is 14.8 Å². The highest BCUT2D eigenvalue weighted by Crippen LogP contribution is 2.28.